The van der Waals surface area contributed by atoms with Gasteiger partial charge in [0.15, 0.2) is 5.70 Å². The van der Waals surface area contributed by atoms with Crippen molar-refractivity contribution in [3.05, 3.63) is 29.8 Å². The summed E-state index contributed by atoms with van der Waals surface area (Å²) in [5.41, 5.74) is 11.1. The molecule has 0 saturated carbocycles. The van der Waals surface area contributed by atoms with Gasteiger partial charge in [0, 0.05) is 6.42 Å². The summed E-state index contributed by atoms with van der Waals surface area (Å²) < 4.78 is 5.22. The van der Waals surface area contributed by atoms with Crippen LogP contribution in [-0.2, 0) is 11.2 Å². The SMILES string of the molecule is CCc1ccc(OC(=O)CCCCCN)cc1.[B]I. The number of aryl methyl sites for hydroxylation is 1. The molecule has 0 saturated heterocycles. The predicted octanol–water partition coefficient (Wildman–Crippen LogP) is 3.18. The minimum absolute atomic E-state index is 0.161. The van der Waals surface area contributed by atoms with Gasteiger partial charge in [0.1, 0.15) is 5.75 Å². The molecule has 0 unspecified atom stereocenters. The Kier molecular flexibility index (Phi) is 12.1. The molecule has 2 radical (unpaired) electrons. The molecule has 0 fully saturated rings. The molecule has 0 spiro atoms. The van der Waals surface area contributed by atoms with E-state index in [1.807, 2.05) is 24.3 Å². The summed E-state index contributed by atoms with van der Waals surface area (Å²) in [7, 11) is 0. The van der Waals surface area contributed by atoms with Gasteiger partial charge in [0.05, 0.1) is 0 Å². The summed E-state index contributed by atoms with van der Waals surface area (Å²) in [6.45, 7) is 2.78. The van der Waals surface area contributed by atoms with Gasteiger partial charge in [0.2, 0.25) is 0 Å². The zero-order chi connectivity index (χ0) is 14.5. The Morgan fingerprint density at radius 3 is 2.37 bits per heavy atom. The molecule has 0 aliphatic carbocycles. The van der Waals surface area contributed by atoms with Gasteiger partial charge in [0.25, 0.3) is 0 Å². The molecule has 1 aromatic rings. The largest absolute Gasteiger partial charge is 0.427 e. The molecule has 0 atom stereocenters. The maximum Gasteiger partial charge on any atom is 0.311 e. The second-order valence-corrected chi connectivity index (χ2v) is 4.07. The van der Waals surface area contributed by atoms with Crippen molar-refractivity contribution in [1.82, 2.24) is 0 Å². The van der Waals surface area contributed by atoms with Crippen molar-refractivity contribution < 1.29 is 9.53 Å². The Balaban J connectivity index is 0.00000154. The van der Waals surface area contributed by atoms with E-state index in [1.54, 1.807) is 22.4 Å². The molecule has 5 heteroatoms. The first-order valence-corrected chi connectivity index (χ1v) is 7.72. The average Bonchev–Trinajstić information content (AvgIpc) is 2.46. The molecular formula is C14H21BINO2. The van der Waals surface area contributed by atoms with Crippen LogP contribution in [0.4, 0.5) is 0 Å². The normalized spacial score (nSPS) is 9.42. The van der Waals surface area contributed by atoms with E-state index in [1.165, 1.54) is 5.56 Å². The number of halogens is 1. The maximum absolute atomic E-state index is 11.5. The van der Waals surface area contributed by atoms with E-state index >= 15 is 0 Å². The van der Waals surface area contributed by atoms with Crippen molar-refractivity contribution in [2.45, 2.75) is 39.0 Å². The van der Waals surface area contributed by atoms with Crippen molar-refractivity contribution in [3.8, 4) is 5.75 Å². The Morgan fingerprint density at radius 2 is 1.84 bits per heavy atom. The van der Waals surface area contributed by atoms with E-state index in [0.717, 1.165) is 25.7 Å². The molecule has 19 heavy (non-hydrogen) atoms. The summed E-state index contributed by atoms with van der Waals surface area (Å²) in [4.78, 5) is 11.5. The molecule has 2 N–H and O–H groups in total. The lowest BCUT2D eigenvalue weighted by atomic mass is 10.2. The Hall–Kier alpha value is -0.555. The first-order chi connectivity index (χ1) is 9.26. The number of unbranched alkanes of at least 4 members (excludes halogenated alkanes) is 2. The number of ether oxygens (including phenoxy) is 1. The smallest absolute Gasteiger partial charge is 0.311 e. The third kappa shape index (κ3) is 9.05. The summed E-state index contributed by atoms with van der Waals surface area (Å²) in [5, 5.41) is 0. The van der Waals surface area contributed by atoms with Gasteiger partial charge in [-0.05, 0) is 43.5 Å². The monoisotopic (exact) mass is 373 g/mol. The molecular weight excluding hydrogens is 352 g/mol. The van der Waals surface area contributed by atoms with Crippen LogP contribution in [0, 0.1) is 0 Å². The second-order valence-electron chi connectivity index (χ2n) is 4.07. The minimum Gasteiger partial charge on any atom is -0.427 e. The molecule has 0 bridgehead atoms. The van der Waals surface area contributed by atoms with Crippen LogP contribution in [0.2, 0.25) is 0 Å². The summed E-state index contributed by atoms with van der Waals surface area (Å²) >= 11 is 1.65. The summed E-state index contributed by atoms with van der Waals surface area (Å²) in [6.07, 6.45) is 4.27. The van der Waals surface area contributed by atoms with Crippen molar-refractivity contribution >= 4 is 34.0 Å². The number of hydrogen-bond acceptors (Lipinski definition) is 3. The van der Waals surface area contributed by atoms with Crippen LogP contribution in [0.25, 0.3) is 0 Å². The molecule has 104 valence electrons. The molecule has 0 heterocycles. The highest BCUT2D eigenvalue weighted by Crippen LogP contribution is 2.13. The van der Waals surface area contributed by atoms with Crippen molar-refractivity contribution in [2.75, 3.05) is 6.54 Å². The molecule has 3 nitrogen and oxygen atoms in total. The fourth-order valence-electron chi connectivity index (χ4n) is 1.57. The highest BCUT2D eigenvalue weighted by Gasteiger charge is 2.04. The predicted molar refractivity (Wildman–Crippen MR) is 88.8 cm³/mol. The second kappa shape index (κ2) is 12.5. The Bertz CT molecular complexity index is 344. The van der Waals surface area contributed by atoms with Crippen LogP contribution in [0.1, 0.15) is 38.2 Å². The van der Waals surface area contributed by atoms with Gasteiger partial charge in [-0.3, -0.25) is 4.79 Å². The van der Waals surface area contributed by atoms with Crippen molar-refractivity contribution in [2.24, 2.45) is 5.73 Å². The van der Waals surface area contributed by atoms with Crippen molar-refractivity contribution in [1.29, 1.82) is 0 Å². The van der Waals surface area contributed by atoms with E-state index in [0.29, 0.717) is 18.7 Å². The number of carbonyl (C=O) groups excluding carboxylic acids is 1. The van der Waals surface area contributed by atoms with E-state index < -0.39 is 0 Å². The lowest BCUT2D eigenvalue weighted by Crippen LogP contribution is -2.08. The Labute approximate surface area is 130 Å². The minimum atomic E-state index is -0.161. The topological polar surface area (TPSA) is 52.3 Å². The zero-order valence-electron chi connectivity index (χ0n) is 11.4. The van der Waals surface area contributed by atoms with Gasteiger partial charge in [-0.25, -0.2) is 0 Å². The number of benzene rings is 1. The molecule has 0 amide bonds. The van der Waals surface area contributed by atoms with Crippen LogP contribution in [-0.4, -0.2) is 18.2 Å². The summed E-state index contributed by atoms with van der Waals surface area (Å²) in [5.74, 6) is 0.470. The van der Waals surface area contributed by atoms with E-state index in [-0.39, 0.29) is 5.97 Å². The average molecular weight is 373 g/mol. The molecule has 0 aliphatic heterocycles. The fourth-order valence-corrected chi connectivity index (χ4v) is 1.57. The fraction of sp³-hybridized carbons (Fsp3) is 0.500. The molecule has 1 aromatic carbocycles. The Morgan fingerprint density at radius 1 is 1.21 bits per heavy atom. The van der Waals surface area contributed by atoms with Gasteiger partial charge in [-0.2, -0.15) is 22.4 Å². The zero-order valence-corrected chi connectivity index (χ0v) is 13.6. The molecule has 0 aromatic heterocycles. The maximum atomic E-state index is 11.5. The van der Waals surface area contributed by atoms with Crippen LogP contribution < -0.4 is 10.5 Å². The summed E-state index contributed by atoms with van der Waals surface area (Å²) in [6, 6.07) is 7.65. The van der Waals surface area contributed by atoms with Crippen molar-refractivity contribution in [3.63, 3.8) is 0 Å². The number of nitrogens with two attached hydrogens (primary N) is 1. The third-order valence-corrected chi connectivity index (χ3v) is 2.65. The number of hydrogen-bond donors (Lipinski definition) is 1. The highest BCUT2D eigenvalue weighted by molar-refractivity contribution is 14.1. The van der Waals surface area contributed by atoms with Gasteiger partial charge in [-0.1, -0.05) is 25.5 Å². The molecule has 1 rings (SSSR count). The number of rotatable bonds is 7. The van der Waals surface area contributed by atoms with Crippen LogP contribution in [0.5, 0.6) is 5.75 Å². The quantitative estimate of drug-likeness (QED) is 0.263. The van der Waals surface area contributed by atoms with Crippen LogP contribution in [0.3, 0.4) is 0 Å². The lowest BCUT2D eigenvalue weighted by Gasteiger charge is -2.04. The van der Waals surface area contributed by atoms with Gasteiger partial charge >= 0.3 is 5.97 Å². The lowest BCUT2D eigenvalue weighted by molar-refractivity contribution is -0.134. The number of esters is 1. The number of carbonyl (C=O) groups is 1. The standard InChI is InChI=1S/C14H21NO2.BI/c1-2-12-7-9-13(10-8-12)17-14(16)6-4-3-5-11-15;1-2/h7-10H,2-6,11,15H2,1H3;. The van der Waals surface area contributed by atoms with E-state index in [9.17, 15) is 4.79 Å². The molecule has 0 aliphatic rings. The highest BCUT2D eigenvalue weighted by atomic mass is 127. The third-order valence-electron chi connectivity index (χ3n) is 2.65. The van der Waals surface area contributed by atoms with Gasteiger partial charge in [-0.15, -0.1) is 0 Å². The van der Waals surface area contributed by atoms with Crippen LogP contribution in [0.15, 0.2) is 24.3 Å². The first-order valence-electron chi connectivity index (χ1n) is 6.47. The van der Waals surface area contributed by atoms with E-state index in [2.05, 4.69) is 12.6 Å². The first kappa shape index (κ1) is 18.4. The van der Waals surface area contributed by atoms with Gasteiger partial charge < -0.3 is 10.5 Å². The van der Waals surface area contributed by atoms with Crippen LogP contribution >= 0.6 is 22.4 Å². The van der Waals surface area contributed by atoms with E-state index in [4.69, 9.17) is 10.5 Å².